The number of fused-ring (bicyclic) bond motifs is 1. The van der Waals surface area contributed by atoms with Crippen molar-refractivity contribution >= 4 is 62.2 Å². The molecule has 2 aromatic heterocycles. The number of furan rings is 1. The van der Waals surface area contributed by atoms with Crippen LogP contribution in [0.15, 0.2) is 39.4 Å². The number of ether oxygens (including phenoxy) is 1. The predicted molar refractivity (Wildman–Crippen MR) is 160 cm³/mol. The maximum absolute atomic E-state index is 13.5. The fraction of sp³-hybridized carbons (Fsp3) is 0.517. The number of nitrogens with zero attached hydrogens (tertiary/aromatic N) is 3. The van der Waals surface area contributed by atoms with E-state index in [-0.39, 0.29) is 17.3 Å². The van der Waals surface area contributed by atoms with Gasteiger partial charge in [-0.3, -0.25) is 9.69 Å². The van der Waals surface area contributed by atoms with Crippen molar-refractivity contribution in [3.63, 3.8) is 0 Å². The van der Waals surface area contributed by atoms with Crippen LogP contribution in [0.25, 0.3) is 10.9 Å². The first-order valence-corrected chi connectivity index (χ1v) is 16.8. The molecule has 2 saturated heterocycles. The Bertz CT molecular complexity index is 1350. The number of rotatable bonds is 11. The number of amides is 1. The second-order valence-electron chi connectivity index (χ2n) is 10.4. The number of thioether (sulfide) groups is 2. The molecule has 0 radical (unpaired) electrons. The Kier molecular flexibility index (Phi) is 8.35. The first-order chi connectivity index (χ1) is 19.0. The van der Waals surface area contributed by atoms with Gasteiger partial charge in [0.15, 0.2) is 0 Å². The molecule has 39 heavy (non-hydrogen) atoms. The maximum Gasteiger partial charge on any atom is 0.340 e. The van der Waals surface area contributed by atoms with Crippen LogP contribution in [0.4, 0.5) is 0 Å². The number of hydrogen-bond acceptors (Lipinski definition) is 7. The van der Waals surface area contributed by atoms with Crippen molar-refractivity contribution in [2.45, 2.75) is 56.3 Å². The molecule has 2 aliphatic heterocycles. The minimum Gasteiger partial charge on any atom is -0.466 e. The van der Waals surface area contributed by atoms with Gasteiger partial charge in [-0.05, 0) is 75.5 Å². The van der Waals surface area contributed by atoms with Gasteiger partial charge in [-0.25, -0.2) is 4.79 Å². The maximum atomic E-state index is 13.5. The Morgan fingerprint density at radius 3 is 2.79 bits per heavy atom. The zero-order valence-corrected chi connectivity index (χ0v) is 25.4. The number of halogens is 1. The third-order valence-corrected chi connectivity index (χ3v) is 10.3. The van der Waals surface area contributed by atoms with Crippen LogP contribution in [0, 0.1) is 0 Å². The molecule has 1 unspecified atom stereocenters. The number of esters is 1. The second-order valence-corrected chi connectivity index (χ2v) is 13.5. The van der Waals surface area contributed by atoms with Crippen LogP contribution in [0.3, 0.4) is 0 Å². The van der Waals surface area contributed by atoms with Gasteiger partial charge in [-0.1, -0.05) is 15.9 Å². The molecule has 0 bridgehead atoms. The van der Waals surface area contributed by atoms with Crippen LogP contribution in [0.5, 0.6) is 0 Å². The molecule has 1 aromatic carbocycles. The van der Waals surface area contributed by atoms with Gasteiger partial charge in [-0.15, -0.1) is 11.8 Å². The number of carbonyl (C=O) groups is 2. The average molecular weight is 633 g/mol. The normalized spacial score (nSPS) is 20.0. The van der Waals surface area contributed by atoms with Gasteiger partial charge in [0, 0.05) is 46.2 Å². The first-order valence-electron chi connectivity index (χ1n) is 13.8. The van der Waals surface area contributed by atoms with E-state index in [2.05, 4.69) is 37.5 Å². The molecule has 1 amide bonds. The average Bonchev–Trinajstić information content (AvgIpc) is 3.29. The molecule has 0 spiro atoms. The zero-order valence-electron chi connectivity index (χ0n) is 22.2. The molecule has 7 nitrogen and oxygen atoms in total. The molecule has 3 aliphatic rings. The van der Waals surface area contributed by atoms with Crippen molar-refractivity contribution in [1.29, 1.82) is 0 Å². The molecule has 10 heteroatoms. The Hall–Kier alpha value is -1.88. The molecule has 208 valence electrons. The molecule has 1 atom stereocenters. The van der Waals surface area contributed by atoms with E-state index in [1.54, 1.807) is 29.8 Å². The van der Waals surface area contributed by atoms with E-state index in [9.17, 15) is 9.59 Å². The quantitative estimate of drug-likeness (QED) is 0.174. The summed E-state index contributed by atoms with van der Waals surface area (Å²) in [6.45, 7) is 5.90. The number of likely N-dealkylation sites (tertiary alicyclic amines) is 1. The fourth-order valence-corrected chi connectivity index (χ4v) is 8.46. The van der Waals surface area contributed by atoms with Gasteiger partial charge in [0.25, 0.3) is 0 Å². The minimum absolute atomic E-state index is 0.0633. The largest absolute Gasteiger partial charge is 0.466 e. The lowest BCUT2D eigenvalue weighted by molar-refractivity contribution is -0.128. The van der Waals surface area contributed by atoms with Crippen molar-refractivity contribution in [1.82, 2.24) is 14.4 Å². The number of benzene rings is 1. The number of aromatic nitrogens is 1. The monoisotopic (exact) mass is 631 g/mol. The molecule has 0 N–H and O–H groups in total. The standard InChI is InChI=1S/C29H34BrN3O4S2/c1-2-36-29(35)27-23(17-38-13-11-32-25(34)18-39-28(32)24-6-5-12-37-24)33(21-7-8-21)22-15-20(30)14-19(26(22)27)16-31-9-3-4-10-31/h5-6,12,14-15,21,28H,2-4,7-11,13,16-18H2,1H3. The lowest BCUT2D eigenvalue weighted by Crippen LogP contribution is -2.30. The van der Waals surface area contributed by atoms with E-state index >= 15 is 0 Å². The second kappa shape index (κ2) is 11.9. The third-order valence-electron chi connectivity index (χ3n) is 7.71. The molecular weight excluding hydrogens is 598 g/mol. The summed E-state index contributed by atoms with van der Waals surface area (Å²) in [5.41, 5.74) is 4.11. The Morgan fingerprint density at radius 1 is 1.26 bits per heavy atom. The van der Waals surface area contributed by atoms with E-state index < -0.39 is 0 Å². The van der Waals surface area contributed by atoms with Gasteiger partial charge in [0.2, 0.25) is 5.91 Å². The number of carbonyl (C=O) groups excluding carboxylic acids is 2. The summed E-state index contributed by atoms with van der Waals surface area (Å²) in [7, 11) is 0. The van der Waals surface area contributed by atoms with Crippen LogP contribution in [0.2, 0.25) is 0 Å². The Morgan fingerprint density at radius 2 is 2.08 bits per heavy atom. The van der Waals surface area contributed by atoms with E-state index in [0.717, 1.165) is 70.6 Å². The van der Waals surface area contributed by atoms with E-state index in [1.807, 2.05) is 24.0 Å². The van der Waals surface area contributed by atoms with Crippen molar-refractivity contribution < 1.29 is 18.7 Å². The van der Waals surface area contributed by atoms with Gasteiger partial charge in [0.1, 0.15) is 11.1 Å². The summed E-state index contributed by atoms with van der Waals surface area (Å²) in [5.74, 6) is 2.70. The van der Waals surface area contributed by atoms with Crippen molar-refractivity contribution in [2.24, 2.45) is 0 Å². The van der Waals surface area contributed by atoms with Crippen LogP contribution < -0.4 is 0 Å². The molecule has 1 aliphatic carbocycles. The first kappa shape index (κ1) is 27.3. The highest BCUT2D eigenvalue weighted by molar-refractivity contribution is 9.10. The van der Waals surface area contributed by atoms with E-state index in [4.69, 9.17) is 9.15 Å². The van der Waals surface area contributed by atoms with Gasteiger partial charge in [-0.2, -0.15) is 11.8 Å². The van der Waals surface area contributed by atoms with Crippen LogP contribution in [-0.4, -0.2) is 64.0 Å². The lowest BCUT2D eigenvalue weighted by Gasteiger charge is -2.22. The van der Waals surface area contributed by atoms with Crippen molar-refractivity contribution in [3.05, 3.63) is 57.6 Å². The summed E-state index contributed by atoms with van der Waals surface area (Å²) in [6.07, 6.45) is 6.37. The minimum atomic E-state index is -0.230. The van der Waals surface area contributed by atoms with Gasteiger partial charge >= 0.3 is 5.97 Å². The molecule has 3 aromatic rings. The highest BCUT2D eigenvalue weighted by Crippen LogP contribution is 2.45. The van der Waals surface area contributed by atoms with Gasteiger partial charge in [0.05, 0.1) is 29.7 Å². The molecule has 1 saturated carbocycles. The zero-order chi connectivity index (χ0) is 26.9. The fourth-order valence-electron chi connectivity index (χ4n) is 5.85. The topological polar surface area (TPSA) is 67.9 Å². The van der Waals surface area contributed by atoms with E-state index in [0.29, 0.717) is 30.7 Å². The van der Waals surface area contributed by atoms with Crippen LogP contribution in [0.1, 0.15) is 71.4 Å². The highest BCUT2D eigenvalue weighted by atomic mass is 79.9. The van der Waals surface area contributed by atoms with E-state index in [1.165, 1.54) is 18.4 Å². The molecule has 3 fully saturated rings. The lowest BCUT2D eigenvalue weighted by atomic mass is 10.0. The summed E-state index contributed by atoms with van der Waals surface area (Å²) in [4.78, 5) is 30.6. The smallest absolute Gasteiger partial charge is 0.340 e. The van der Waals surface area contributed by atoms with Crippen molar-refractivity contribution in [2.75, 3.05) is 37.7 Å². The summed E-state index contributed by atoms with van der Waals surface area (Å²) in [5, 5.41) is 0.988. The molecular formula is C29H34BrN3O4S2. The summed E-state index contributed by atoms with van der Waals surface area (Å²) >= 11 is 7.16. The van der Waals surface area contributed by atoms with Gasteiger partial charge < -0.3 is 18.6 Å². The Labute approximate surface area is 246 Å². The van der Waals surface area contributed by atoms with Crippen molar-refractivity contribution in [3.8, 4) is 0 Å². The van der Waals surface area contributed by atoms with Crippen LogP contribution in [-0.2, 0) is 21.8 Å². The third kappa shape index (κ3) is 5.67. The summed E-state index contributed by atoms with van der Waals surface area (Å²) in [6, 6.07) is 8.58. The molecule has 6 rings (SSSR count). The molecule has 4 heterocycles. The summed E-state index contributed by atoms with van der Waals surface area (Å²) < 4.78 is 14.7. The SMILES string of the molecule is CCOC(=O)c1c(CSCCN2C(=O)CSC2c2ccco2)n(C2CC2)c2cc(Br)cc(CN3CCCC3)c12. The highest BCUT2D eigenvalue weighted by Gasteiger charge is 2.35. The predicted octanol–water partition coefficient (Wildman–Crippen LogP) is 6.61. The van der Waals surface area contributed by atoms with Crippen LogP contribution >= 0.6 is 39.5 Å². The Balaban J connectivity index is 1.29. The number of hydrogen-bond donors (Lipinski definition) is 0.